The first-order valence-electron chi connectivity index (χ1n) is 6.10. The van der Waals surface area contributed by atoms with Crippen LogP contribution in [0.25, 0.3) is 10.9 Å². The molecule has 5 heteroatoms. The predicted molar refractivity (Wildman–Crippen MR) is 70.3 cm³/mol. The number of H-pyrrole nitrogens is 1. The second-order valence-electron chi connectivity index (χ2n) is 4.33. The van der Waals surface area contributed by atoms with Gasteiger partial charge in [0.15, 0.2) is 0 Å². The topological polar surface area (TPSA) is 70.2 Å². The zero-order chi connectivity index (χ0) is 12.8. The smallest absolute Gasteiger partial charge is 0.0785 e. The Labute approximate surface area is 106 Å². The molecule has 1 aromatic carbocycles. The molecule has 2 aromatic rings. The molecule has 0 saturated carbocycles. The Hall–Kier alpha value is -1.43. The molecule has 98 valence electrons. The summed E-state index contributed by atoms with van der Waals surface area (Å²) in [6.45, 7) is 1.91. The van der Waals surface area contributed by atoms with E-state index in [9.17, 15) is 5.11 Å². The van der Waals surface area contributed by atoms with Crippen LogP contribution in [-0.4, -0.2) is 41.7 Å². The molecule has 0 aliphatic carbocycles. The maximum Gasteiger partial charge on any atom is 0.0785 e. The molecule has 0 spiro atoms. The summed E-state index contributed by atoms with van der Waals surface area (Å²) in [6.07, 6.45) is 2.11. The fourth-order valence-electron chi connectivity index (χ4n) is 1.95. The maximum atomic E-state index is 9.50. The normalized spacial score (nSPS) is 13.0. The molecule has 3 N–H and O–H groups in total. The van der Waals surface area contributed by atoms with E-state index in [0.29, 0.717) is 13.0 Å². The summed E-state index contributed by atoms with van der Waals surface area (Å²) < 4.78 is 4.88. The number of para-hydroxylation sites is 1. The molecule has 0 fully saturated rings. The van der Waals surface area contributed by atoms with Crippen molar-refractivity contribution in [1.29, 1.82) is 0 Å². The Morgan fingerprint density at radius 3 is 3.22 bits per heavy atom. The van der Waals surface area contributed by atoms with Gasteiger partial charge in [-0.15, -0.1) is 0 Å². The van der Waals surface area contributed by atoms with E-state index in [2.05, 4.69) is 21.6 Å². The monoisotopic (exact) mass is 249 g/mol. The van der Waals surface area contributed by atoms with Crippen LogP contribution in [-0.2, 0) is 11.3 Å². The van der Waals surface area contributed by atoms with Crippen LogP contribution in [0.4, 0.5) is 0 Å². The molecule has 1 unspecified atom stereocenters. The zero-order valence-electron chi connectivity index (χ0n) is 10.5. The van der Waals surface area contributed by atoms with E-state index in [-0.39, 0.29) is 0 Å². The van der Waals surface area contributed by atoms with Crippen LogP contribution in [0.5, 0.6) is 0 Å². The fraction of sp³-hybridized carbons (Fsp3) is 0.462. The quantitative estimate of drug-likeness (QED) is 0.641. The van der Waals surface area contributed by atoms with Crippen LogP contribution in [0.15, 0.2) is 24.4 Å². The number of nitrogens with zero attached hydrogens (tertiary/aromatic N) is 1. The summed E-state index contributed by atoms with van der Waals surface area (Å²) >= 11 is 0. The highest BCUT2D eigenvalue weighted by Crippen LogP contribution is 2.15. The summed E-state index contributed by atoms with van der Waals surface area (Å²) in [5.74, 6) is 0. The van der Waals surface area contributed by atoms with Gasteiger partial charge >= 0.3 is 0 Å². The van der Waals surface area contributed by atoms with Crippen LogP contribution in [0.3, 0.4) is 0 Å². The number of aromatic amines is 1. The predicted octanol–water partition coefficient (Wildman–Crippen LogP) is 1.05. The molecule has 0 saturated heterocycles. The third-order valence-electron chi connectivity index (χ3n) is 2.89. The van der Waals surface area contributed by atoms with Gasteiger partial charge in [-0.2, -0.15) is 5.10 Å². The van der Waals surface area contributed by atoms with E-state index in [4.69, 9.17) is 4.74 Å². The van der Waals surface area contributed by atoms with E-state index in [1.165, 1.54) is 5.56 Å². The SMILES string of the molecule is COCC(O)CCNCc1cccc2cn[nH]c12. The van der Waals surface area contributed by atoms with Crippen LogP contribution in [0, 0.1) is 0 Å². The molecule has 1 heterocycles. The molecule has 0 radical (unpaired) electrons. The molecular formula is C13H19N3O2. The van der Waals surface area contributed by atoms with Gasteiger partial charge in [0.25, 0.3) is 0 Å². The van der Waals surface area contributed by atoms with Crippen LogP contribution < -0.4 is 5.32 Å². The standard InChI is InChI=1S/C13H19N3O2/c1-18-9-12(17)5-6-14-7-10-3-2-4-11-8-15-16-13(10)11/h2-4,8,12,14,17H,5-7,9H2,1H3,(H,15,16). The number of aliphatic hydroxyl groups excluding tert-OH is 1. The third-order valence-corrected chi connectivity index (χ3v) is 2.89. The molecule has 0 bridgehead atoms. The summed E-state index contributed by atoms with van der Waals surface area (Å²) in [7, 11) is 1.59. The number of benzene rings is 1. The number of methoxy groups -OCH3 is 1. The Morgan fingerprint density at radius 1 is 1.50 bits per heavy atom. The van der Waals surface area contributed by atoms with Crippen LogP contribution >= 0.6 is 0 Å². The van der Waals surface area contributed by atoms with E-state index in [1.54, 1.807) is 7.11 Å². The highest BCUT2D eigenvalue weighted by Gasteiger charge is 2.04. The average molecular weight is 249 g/mol. The van der Waals surface area contributed by atoms with Crippen molar-refractivity contribution in [2.75, 3.05) is 20.3 Å². The highest BCUT2D eigenvalue weighted by atomic mass is 16.5. The second-order valence-corrected chi connectivity index (χ2v) is 4.33. The van der Waals surface area contributed by atoms with Crippen LogP contribution in [0.2, 0.25) is 0 Å². The number of rotatable bonds is 7. The van der Waals surface area contributed by atoms with Gasteiger partial charge < -0.3 is 15.2 Å². The van der Waals surface area contributed by atoms with Gasteiger partial charge in [-0.05, 0) is 18.5 Å². The largest absolute Gasteiger partial charge is 0.391 e. The first kappa shape index (κ1) is 13.0. The lowest BCUT2D eigenvalue weighted by molar-refractivity contribution is 0.0594. The lowest BCUT2D eigenvalue weighted by atomic mass is 10.1. The van der Waals surface area contributed by atoms with Gasteiger partial charge in [0, 0.05) is 19.0 Å². The van der Waals surface area contributed by atoms with Crippen molar-refractivity contribution in [3.05, 3.63) is 30.0 Å². The number of aliphatic hydroxyl groups is 1. The molecule has 2 rings (SSSR count). The number of hydrogen-bond acceptors (Lipinski definition) is 4. The Morgan fingerprint density at radius 2 is 2.39 bits per heavy atom. The van der Waals surface area contributed by atoms with Crippen molar-refractivity contribution >= 4 is 10.9 Å². The van der Waals surface area contributed by atoms with Crippen molar-refractivity contribution in [1.82, 2.24) is 15.5 Å². The van der Waals surface area contributed by atoms with Gasteiger partial charge in [-0.3, -0.25) is 5.10 Å². The molecule has 1 atom stereocenters. The van der Waals surface area contributed by atoms with E-state index in [0.717, 1.165) is 24.0 Å². The van der Waals surface area contributed by atoms with Crippen molar-refractivity contribution in [2.24, 2.45) is 0 Å². The maximum absolute atomic E-state index is 9.50. The first-order chi connectivity index (χ1) is 8.81. The van der Waals surface area contributed by atoms with E-state index >= 15 is 0 Å². The number of hydrogen-bond donors (Lipinski definition) is 3. The Kier molecular flexibility index (Phi) is 4.69. The minimum atomic E-state index is -0.398. The van der Waals surface area contributed by atoms with Crippen molar-refractivity contribution < 1.29 is 9.84 Å². The van der Waals surface area contributed by atoms with Gasteiger partial charge in [0.1, 0.15) is 0 Å². The van der Waals surface area contributed by atoms with Crippen molar-refractivity contribution in [3.63, 3.8) is 0 Å². The van der Waals surface area contributed by atoms with E-state index < -0.39 is 6.10 Å². The second kappa shape index (κ2) is 6.49. The summed E-state index contributed by atoms with van der Waals surface area (Å²) in [4.78, 5) is 0. The van der Waals surface area contributed by atoms with Gasteiger partial charge in [0.05, 0.1) is 24.4 Å². The molecule has 5 nitrogen and oxygen atoms in total. The van der Waals surface area contributed by atoms with Crippen molar-refractivity contribution in [3.8, 4) is 0 Å². The molecular weight excluding hydrogens is 230 g/mol. The Balaban J connectivity index is 1.81. The summed E-state index contributed by atoms with van der Waals surface area (Å²) in [5.41, 5.74) is 2.26. The molecule has 0 aliphatic rings. The summed E-state index contributed by atoms with van der Waals surface area (Å²) in [5, 5.41) is 21.0. The van der Waals surface area contributed by atoms with Gasteiger partial charge in [-0.1, -0.05) is 18.2 Å². The highest BCUT2D eigenvalue weighted by molar-refractivity contribution is 5.81. The third kappa shape index (κ3) is 3.29. The lowest BCUT2D eigenvalue weighted by Crippen LogP contribution is -2.23. The molecule has 18 heavy (non-hydrogen) atoms. The molecule has 0 amide bonds. The lowest BCUT2D eigenvalue weighted by Gasteiger charge is -2.10. The number of aromatic nitrogens is 2. The summed E-state index contributed by atoms with van der Waals surface area (Å²) in [6, 6.07) is 6.12. The average Bonchev–Trinajstić information content (AvgIpc) is 2.84. The Bertz CT molecular complexity index is 484. The van der Waals surface area contributed by atoms with Gasteiger partial charge in [-0.25, -0.2) is 0 Å². The fourth-order valence-corrected chi connectivity index (χ4v) is 1.95. The number of fused-ring (bicyclic) bond motifs is 1. The number of ether oxygens (including phenoxy) is 1. The van der Waals surface area contributed by atoms with Crippen LogP contribution in [0.1, 0.15) is 12.0 Å². The zero-order valence-corrected chi connectivity index (χ0v) is 10.5. The van der Waals surface area contributed by atoms with E-state index in [1.807, 2.05) is 18.3 Å². The van der Waals surface area contributed by atoms with Gasteiger partial charge in [0.2, 0.25) is 0 Å². The van der Waals surface area contributed by atoms with Crippen molar-refractivity contribution in [2.45, 2.75) is 19.1 Å². The number of nitrogens with one attached hydrogen (secondary N) is 2. The minimum Gasteiger partial charge on any atom is -0.391 e. The molecule has 1 aromatic heterocycles. The minimum absolute atomic E-state index is 0.387. The molecule has 0 aliphatic heterocycles. The first-order valence-corrected chi connectivity index (χ1v) is 6.10.